The van der Waals surface area contributed by atoms with Crippen LogP contribution in [0.2, 0.25) is 0 Å². The van der Waals surface area contributed by atoms with Gasteiger partial charge < -0.3 is 45.0 Å². The number of quaternary nitrogens is 1. The van der Waals surface area contributed by atoms with Gasteiger partial charge in [-0.2, -0.15) is 0 Å². The fourth-order valence-corrected chi connectivity index (χ4v) is 0. The highest BCUT2D eigenvalue weighted by Crippen LogP contribution is 1.81. The average molecular weight is 221 g/mol. The van der Waals surface area contributed by atoms with E-state index < -0.39 is 5.97 Å². The van der Waals surface area contributed by atoms with Gasteiger partial charge in [0.2, 0.25) is 0 Å². The lowest BCUT2D eigenvalue weighted by Crippen LogP contribution is -3.00. The van der Waals surface area contributed by atoms with E-state index in [0.29, 0.717) is 0 Å². The van der Waals surface area contributed by atoms with Gasteiger partial charge in [-0.05, 0) is 0 Å². The quantitative estimate of drug-likeness (QED) is 0.262. The van der Waals surface area contributed by atoms with Crippen LogP contribution >= 0.6 is 0 Å². The van der Waals surface area contributed by atoms with Crippen molar-refractivity contribution in [1.82, 2.24) is 0 Å². The predicted molar refractivity (Wildman–Crippen MR) is 17.1 cm³/mol. The Bertz CT molecular complexity index is 42.7. The van der Waals surface area contributed by atoms with Gasteiger partial charge in [-0.15, -0.1) is 0 Å². The van der Waals surface area contributed by atoms with Gasteiger partial charge in [0.15, 0.2) is 6.54 Å². The highest BCUT2D eigenvalue weighted by molar-refractivity contribution is 4.33. The molecule has 5 heteroatoms. The molecule has 0 aliphatic rings. The standard InChI is InChI=1S/C2H7NO3.HI/c3-1-2(4,5)6;/h4-6H,1,3H2;1H. The van der Waals surface area contributed by atoms with Crippen molar-refractivity contribution in [2.75, 3.05) is 6.54 Å². The molecule has 0 spiro atoms. The first-order valence-electron chi connectivity index (χ1n) is 1.52. The Morgan fingerprint density at radius 1 is 1.29 bits per heavy atom. The summed E-state index contributed by atoms with van der Waals surface area (Å²) in [6.45, 7) is -0.312. The molecule has 0 aromatic rings. The third-order valence-corrected chi connectivity index (χ3v) is 0.335. The summed E-state index contributed by atoms with van der Waals surface area (Å²) in [5, 5.41) is 23.6. The minimum atomic E-state index is -2.57. The van der Waals surface area contributed by atoms with Crippen LogP contribution in [-0.2, 0) is 0 Å². The second kappa shape index (κ2) is 3.56. The molecule has 0 amide bonds. The summed E-state index contributed by atoms with van der Waals surface area (Å²) in [4.78, 5) is 0. The first kappa shape index (κ1) is 10.5. The Labute approximate surface area is 58.0 Å². The molecular formula is C2H8INO3. The molecule has 0 heterocycles. The van der Waals surface area contributed by atoms with Gasteiger partial charge in [0.1, 0.15) is 0 Å². The minimum absolute atomic E-state index is 0. The van der Waals surface area contributed by atoms with Crippen molar-refractivity contribution in [3.05, 3.63) is 0 Å². The molecule has 4 nitrogen and oxygen atoms in total. The monoisotopic (exact) mass is 221 g/mol. The fraction of sp³-hybridized carbons (Fsp3) is 1.00. The summed E-state index contributed by atoms with van der Waals surface area (Å²) >= 11 is 0. The van der Waals surface area contributed by atoms with E-state index in [2.05, 4.69) is 5.73 Å². The Hall–Kier alpha value is 0.570. The fourth-order valence-electron chi connectivity index (χ4n) is 0. The topological polar surface area (TPSA) is 88.3 Å². The second-order valence-corrected chi connectivity index (χ2v) is 1.02. The summed E-state index contributed by atoms with van der Waals surface area (Å²) in [6, 6.07) is 0. The molecule has 0 saturated carbocycles. The van der Waals surface area contributed by atoms with Crippen molar-refractivity contribution >= 4 is 0 Å². The van der Waals surface area contributed by atoms with Crippen LogP contribution in [0.4, 0.5) is 0 Å². The normalized spacial score (nSPS) is 10.3. The molecule has 0 saturated heterocycles. The predicted octanol–water partition coefficient (Wildman–Crippen LogP) is -6.14. The van der Waals surface area contributed by atoms with Crippen molar-refractivity contribution in [3.8, 4) is 0 Å². The van der Waals surface area contributed by atoms with E-state index in [1.165, 1.54) is 0 Å². The molecule has 46 valence electrons. The molecule has 0 radical (unpaired) electrons. The van der Waals surface area contributed by atoms with Crippen molar-refractivity contribution in [1.29, 1.82) is 0 Å². The van der Waals surface area contributed by atoms with Crippen LogP contribution in [0.5, 0.6) is 0 Å². The molecule has 6 N–H and O–H groups in total. The molecule has 0 aliphatic heterocycles. The summed E-state index contributed by atoms with van der Waals surface area (Å²) < 4.78 is 0. The maximum absolute atomic E-state index is 7.88. The molecule has 0 atom stereocenters. The molecule has 0 aromatic carbocycles. The largest absolute Gasteiger partial charge is 1.00 e. The Balaban J connectivity index is 0. The molecule has 0 aliphatic carbocycles. The molecule has 0 unspecified atom stereocenters. The average Bonchev–Trinajstić information content (AvgIpc) is 1.35. The van der Waals surface area contributed by atoms with Gasteiger partial charge in [-0.3, -0.25) is 0 Å². The van der Waals surface area contributed by atoms with Crippen LogP contribution in [0, 0.1) is 0 Å². The van der Waals surface area contributed by atoms with E-state index in [1.807, 2.05) is 0 Å². The Kier molecular flexibility index (Phi) is 5.35. The van der Waals surface area contributed by atoms with E-state index in [9.17, 15) is 0 Å². The van der Waals surface area contributed by atoms with Crippen LogP contribution in [0.25, 0.3) is 0 Å². The summed E-state index contributed by atoms with van der Waals surface area (Å²) in [5.74, 6) is -2.57. The summed E-state index contributed by atoms with van der Waals surface area (Å²) in [6.07, 6.45) is 0. The number of aliphatic hydroxyl groups is 3. The van der Waals surface area contributed by atoms with Crippen LogP contribution in [-0.4, -0.2) is 27.8 Å². The Morgan fingerprint density at radius 3 is 1.43 bits per heavy atom. The van der Waals surface area contributed by atoms with Gasteiger partial charge in [-0.25, -0.2) is 0 Å². The second-order valence-electron chi connectivity index (χ2n) is 1.02. The van der Waals surface area contributed by atoms with Crippen molar-refractivity contribution in [2.24, 2.45) is 0 Å². The lowest BCUT2D eigenvalue weighted by molar-refractivity contribution is -0.474. The summed E-state index contributed by atoms with van der Waals surface area (Å²) in [5.41, 5.74) is 3.01. The first-order chi connectivity index (χ1) is 2.56. The highest BCUT2D eigenvalue weighted by Gasteiger charge is 2.16. The van der Waals surface area contributed by atoms with E-state index in [4.69, 9.17) is 15.3 Å². The number of hydrogen-bond acceptors (Lipinski definition) is 3. The van der Waals surface area contributed by atoms with E-state index in [1.54, 1.807) is 0 Å². The van der Waals surface area contributed by atoms with Gasteiger partial charge in [-0.1, -0.05) is 0 Å². The van der Waals surface area contributed by atoms with E-state index >= 15 is 0 Å². The molecular weight excluding hydrogens is 213 g/mol. The van der Waals surface area contributed by atoms with Crippen molar-refractivity contribution < 1.29 is 45.0 Å². The van der Waals surface area contributed by atoms with Crippen molar-refractivity contribution in [3.63, 3.8) is 0 Å². The molecule has 0 aromatic heterocycles. The van der Waals surface area contributed by atoms with Gasteiger partial charge in [0, 0.05) is 0 Å². The summed E-state index contributed by atoms with van der Waals surface area (Å²) in [7, 11) is 0. The van der Waals surface area contributed by atoms with Gasteiger partial charge in [0.25, 0.3) is 0 Å². The third-order valence-electron chi connectivity index (χ3n) is 0.335. The number of halogens is 1. The highest BCUT2D eigenvalue weighted by atomic mass is 127. The molecule has 0 rings (SSSR count). The minimum Gasteiger partial charge on any atom is -1.00 e. The lowest BCUT2D eigenvalue weighted by atomic mass is 10.6. The molecule has 0 bridgehead atoms. The zero-order valence-electron chi connectivity index (χ0n) is 3.63. The lowest BCUT2D eigenvalue weighted by Gasteiger charge is -2.05. The van der Waals surface area contributed by atoms with Gasteiger partial charge >= 0.3 is 5.97 Å². The SMILES string of the molecule is [I-].[NH3+]CC(O)(O)O. The van der Waals surface area contributed by atoms with Crippen molar-refractivity contribution in [2.45, 2.75) is 5.97 Å². The van der Waals surface area contributed by atoms with E-state index in [0.717, 1.165) is 0 Å². The Morgan fingerprint density at radius 2 is 1.43 bits per heavy atom. The maximum atomic E-state index is 7.88. The third kappa shape index (κ3) is 10.8. The van der Waals surface area contributed by atoms with Gasteiger partial charge in [0.05, 0.1) is 0 Å². The van der Waals surface area contributed by atoms with Crippen LogP contribution < -0.4 is 29.7 Å². The zero-order chi connectivity index (χ0) is 5.21. The van der Waals surface area contributed by atoms with E-state index in [-0.39, 0.29) is 30.5 Å². The van der Waals surface area contributed by atoms with Crippen LogP contribution in [0.3, 0.4) is 0 Å². The molecule has 7 heavy (non-hydrogen) atoms. The maximum Gasteiger partial charge on any atom is 0.327 e. The first-order valence-corrected chi connectivity index (χ1v) is 1.52. The van der Waals surface area contributed by atoms with Crippen LogP contribution in [0.15, 0.2) is 0 Å². The van der Waals surface area contributed by atoms with Crippen LogP contribution in [0.1, 0.15) is 0 Å². The number of rotatable bonds is 1. The zero-order valence-corrected chi connectivity index (χ0v) is 5.79. The smallest absolute Gasteiger partial charge is 0.327 e. The molecule has 0 fully saturated rings. The number of hydrogen-bond donors (Lipinski definition) is 4.